The van der Waals surface area contributed by atoms with Crippen LogP contribution in [0.3, 0.4) is 0 Å². The van der Waals surface area contributed by atoms with Crippen molar-refractivity contribution in [3.63, 3.8) is 0 Å². The molecular weight excluding hydrogens is 490 g/mol. The second kappa shape index (κ2) is 10.2. The van der Waals surface area contributed by atoms with Crippen LogP contribution in [0.1, 0.15) is 71.0 Å². The maximum atomic E-state index is 7.42. The molecule has 3 atom stereocenters. The Morgan fingerprint density at radius 1 is 0.850 bits per heavy atom. The topological polar surface area (TPSA) is 22.3 Å². The SMILES string of the molecule is CCC1(CC)c2ccc(-c3ccccc3)cc2-c2c(C)cc3ccccc3[n+]2C(C)C12CCOC(C)=CC(C)O2. The van der Waals surface area contributed by atoms with E-state index in [1.165, 1.54) is 44.4 Å². The van der Waals surface area contributed by atoms with Crippen LogP contribution in [0.4, 0.5) is 0 Å². The van der Waals surface area contributed by atoms with Gasteiger partial charge in [0, 0.05) is 35.8 Å². The average molecular weight is 533 g/mol. The molecule has 0 fully saturated rings. The quantitative estimate of drug-likeness (QED) is 0.246. The number of fused-ring (bicyclic) bond motifs is 5. The molecule has 0 amide bonds. The molecule has 0 N–H and O–H groups in total. The maximum Gasteiger partial charge on any atom is 0.216 e. The van der Waals surface area contributed by atoms with Gasteiger partial charge in [-0.05, 0) is 74.6 Å². The van der Waals surface area contributed by atoms with Crippen LogP contribution in [-0.2, 0) is 14.9 Å². The Morgan fingerprint density at radius 3 is 2.33 bits per heavy atom. The summed E-state index contributed by atoms with van der Waals surface area (Å²) in [6.45, 7) is 14.2. The molecule has 3 heteroatoms. The van der Waals surface area contributed by atoms with Crippen molar-refractivity contribution in [2.24, 2.45) is 0 Å². The molecule has 6 rings (SSSR count). The lowest BCUT2D eigenvalue weighted by Crippen LogP contribution is -2.64. The summed E-state index contributed by atoms with van der Waals surface area (Å²) < 4.78 is 16.3. The first kappa shape index (κ1) is 26.8. The van der Waals surface area contributed by atoms with E-state index in [1.54, 1.807) is 0 Å². The van der Waals surface area contributed by atoms with E-state index in [0.29, 0.717) is 6.61 Å². The van der Waals surface area contributed by atoms with E-state index in [-0.39, 0.29) is 17.6 Å². The normalized spacial score (nSPS) is 23.8. The third kappa shape index (κ3) is 3.93. The molecule has 3 heterocycles. The zero-order valence-corrected chi connectivity index (χ0v) is 24.8. The lowest BCUT2D eigenvalue weighted by molar-refractivity contribution is -0.704. The fourth-order valence-corrected chi connectivity index (χ4v) is 8.05. The van der Waals surface area contributed by atoms with E-state index in [9.17, 15) is 0 Å². The van der Waals surface area contributed by atoms with Gasteiger partial charge in [-0.15, -0.1) is 0 Å². The van der Waals surface area contributed by atoms with Crippen LogP contribution in [0.2, 0.25) is 0 Å². The molecule has 0 aliphatic carbocycles. The predicted octanol–water partition coefficient (Wildman–Crippen LogP) is 8.87. The highest BCUT2D eigenvalue weighted by molar-refractivity contribution is 5.82. The molecule has 0 bridgehead atoms. The van der Waals surface area contributed by atoms with E-state index in [2.05, 4.69) is 124 Å². The van der Waals surface area contributed by atoms with Gasteiger partial charge < -0.3 is 9.47 Å². The Labute approximate surface area is 239 Å². The van der Waals surface area contributed by atoms with E-state index in [0.717, 1.165) is 25.0 Å². The van der Waals surface area contributed by atoms with Crippen molar-refractivity contribution in [2.75, 3.05) is 6.61 Å². The van der Waals surface area contributed by atoms with Crippen molar-refractivity contribution in [3.8, 4) is 22.4 Å². The fourth-order valence-electron chi connectivity index (χ4n) is 8.05. The summed E-state index contributed by atoms with van der Waals surface area (Å²) in [5, 5.41) is 1.26. The second-order valence-corrected chi connectivity index (χ2v) is 11.8. The molecule has 40 heavy (non-hydrogen) atoms. The van der Waals surface area contributed by atoms with Gasteiger partial charge >= 0.3 is 0 Å². The van der Waals surface area contributed by atoms with Gasteiger partial charge in [0.2, 0.25) is 11.2 Å². The Bertz CT molecular complexity index is 1580. The molecule has 0 radical (unpaired) electrons. The standard InChI is InChI=1S/C37H42NO2/c1-7-36(8-2)33-19-18-30(29-14-10-9-11-15-29)24-32(33)35-25(3)22-31-16-12-13-17-34(31)38(35)28(6)37(36)20-21-39-26(4)23-27(5)40-37/h9-19,22-24,27-28H,7-8,20-21H2,1-6H3/q+1. The molecule has 1 aromatic heterocycles. The first-order chi connectivity index (χ1) is 19.3. The number of para-hydroxylation sites is 1. The van der Waals surface area contributed by atoms with Crippen LogP contribution >= 0.6 is 0 Å². The molecule has 1 spiro atoms. The second-order valence-electron chi connectivity index (χ2n) is 11.8. The number of hydrogen-bond donors (Lipinski definition) is 0. The summed E-state index contributed by atoms with van der Waals surface area (Å²) in [6.07, 6.45) is 4.86. The van der Waals surface area contributed by atoms with Crippen LogP contribution in [0.15, 0.2) is 90.7 Å². The Hall–Kier alpha value is -3.43. The molecule has 4 aromatic rings. The van der Waals surface area contributed by atoms with E-state index < -0.39 is 5.60 Å². The molecule has 3 aromatic carbocycles. The summed E-state index contributed by atoms with van der Waals surface area (Å²) in [5.41, 5.74) is 8.34. The molecule has 0 saturated carbocycles. The molecule has 3 unspecified atom stereocenters. The molecule has 206 valence electrons. The zero-order chi connectivity index (χ0) is 28.1. The monoisotopic (exact) mass is 532 g/mol. The van der Waals surface area contributed by atoms with Gasteiger partial charge in [-0.3, -0.25) is 0 Å². The number of aromatic nitrogens is 1. The maximum absolute atomic E-state index is 7.42. The number of hydrogen-bond acceptors (Lipinski definition) is 2. The molecule has 2 aliphatic rings. The van der Waals surface area contributed by atoms with Gasteiger partial charge in [0.25, 0.3) is 0 Å². The lowest BCUT2D eigenvalue weighted by Gasteiger charge is -2.51. The number of rotatable bonds is 3. The average Bonchev–Trinajstić information content (AvgIpc) is 3.03. The minimum Gasteiger partial charge on any atom is -0.498 e. The largest absolute Gasteiger partial charge is 0.498 e. The number of allylic oxidation sites excluding steroid dienone is 1. The predicted molar refractivity (Wildman–Crippen MR) is 164 cm³/mol. The van der Waals surface area contributed by atoms with Crippen molar-refractivity contribution in [3.05, 3.63) is 102 Å². The number of pyridine rings is 1. The Morgan fingerprint density at radius 2 is 1.57 bits per heavy atom. The van der Waals surface area contributed by atoms with Gasteiger partial charge in [0.1, 0.15) is 5.60 Å². The zero-order valence-electron chi connectivity index (χ0n) is 24.8. The summed E-state index contributed by atoms with van der Waals surface area (Å²) in [4.78, 5) is 0. The Balaban J connectivity index is 1.76. The minimum absolute atomic E-state index is 0.0644. The van der Waals surface area contributed by atoms with Gasteiger partial charge in [0.15, 0.2) is 6.04 Å². The van der Waals surface area contributed by atoms with Crippen LogP contribution in [0, 0.1) is 6.92 Å². The fraction of sp³-hybridized carbons (Fsp3) is 0.378. The highest BCUT2D eigenvalue weighted by Crippen LogP contribution is 2.56. The van der Waals surface area contributed by atoms with Gasteiger partial charge in [-0.25, -0.2) is 0 Å². The Kier molecular flexibility index (Phi) is 6.82. The van der Waals surface area contributed by atoms with Gasteiger partial charge in [0.05, 0.1) is 24.0 Å². The third-order valence-electron chi connectivity index (χ3n) is 9.83. The summed E-state index contributed by atoms with van der Waals surface area (Å²) in [5.74, 6) is 0.949. The molecule has 3 nitrogen and oxygen atoms in total. The van der Waals surface area contributed by atoms with Crippen molar-refractivity contribution in [1.82, 2.24) is 0 Å². The van der Waals surface area contributed by atoms with Crippen LogP contribution < -0.4 is 4.57 Å². The van der Waals surface area contributed by atoms with E-state index in [1.807, 2.05) is 6.92 Å². The highest BCUT2D eigenvalue weighted by atomic mass is 16.5. The summed E-state index contributed by atoms with van der Waals surface area (Å²) in [7, 11) is 0. The van der Waals surface area contributed by atoms with Gasteiger partial charge in [-0.1, -0.05) is 68.4 Å². The first-order valence-electron chi connectivity index (χ1n) is 15.0. The van der Waals surface area contributed by atoms with Crippen LogP contribution in [0.25, 0.3) is 33.3 Å². The van der Waals surface area contributed by atoms with Crippen LogP contribution in [0.5, 0.6) is 0 Å². The van der Waals surface area contributed by atoms with Crippen molar-refractivity contribution >= 4 is 10.9 Å². The lowest BCUT2D eigenvalue weighted by atomic mass is 9.59. The third-order valence-corrected chi connectivity index (χ3v) is 9.83. The van der Waals surface area contributed by atoms with Gasteiger partial charge in [-0.2, -0.15) is 4.57 Å². The van der Waals surface area contributed by atoms with E-state index >= 15 is 0 Å². The van der Waals surface area contributed by atoms with Crippen molar-refractivity contribution in [2.45, 2.75) is 84.0 Å². The minimum atomic E-state index is -0.484. The number of aryl methyl sites for hydroxylation is 1. The smallest absolute Gasteiger partial charge is 0.216 e. The molecule has 2 aliphatic heterocycles. The number of benzene rings is 3. The number of nitrogens with zero attached hydrogens (tertiary/aromatic N) is 1. The summed E-state index contributed by atoms with van der Waals surface area (Å²) in [6, 6.07) is 29.2. The van der Waals surface area contributed by atoms with Crippen LogP contribution in [-0.4, -0.2) is 18.3 Å². The summed E-state index contributed by atoms with van der Waals surface area (Å²) >= 11 is 0. The van der Waals surface area contributed by atoms with E-state index in [4.69, 9.17) is 9.47 Å². The molecule has 0 saturated heterocycles. The first-order valence-corrected chi connectivity index (χ1v) is 15.0. The van der Waals surface area contributed by atoms with Crippen molar-refractivity contribution in [1.29, 1.82) is 0 Å². The van der Waals surface area contributed by atoms with Crippen molar-refractivity contribution < 1.29 is 14.0 Å². The molecular formula is C37H42NO2+. The highest BCUT2D eigenvalue weighted by Gasteiger charge is 2.62. The number of ether oxygens (including phenoxy) is 2.